The third-order valence-electron chi connectivity index (χ3n) is 3.42. The van der Waals surface area contributed by atoms with Crippen LogP contribution in [0, 0.1) is 0 Å². The van der Waals surface area contributed by atoms with Crippen LogP contribution in [0.2, 0.25) is 0 Å². The molecule has 0 radical (unpaired) electrons. The topological polar surface area (TPSA) is 86.8 Å². The minimum absolute atomic E-state index is 0.00261. The van der Waals surface area contributed by atoms with Crippen molar-refractivity contribution in [1.29, 1.82) is 0 Å². The Labute approximate surface area is 140 Å². The van der Waals surface area contributed by atoms with E-state index in [9.17, 15) is 8.42 Å². The van der Waals surface area contributed by atoms with Crippen LogP contribution in [0.3, 0.4) is 0 Å². The molecule has 24 heavy (non-hydrogen) atoms. The van der Waals surface area contributed by atoms with Gasteiger partial charge in [-0.2, -0.15) is 0 Å². The Kier molecular flexibility index (Phi) is 5.17. The van der Waals surface area contributed by atoms with Gasteiger partial charge in [0.25, 0.3) is 0 Å². The molecule has 2 aromatic rings. The van der Waals surface area contributed by atoms with Gasteiger partial charge in [0.05, 0.1) is 12.4 Å². The zero-order valence-electron chi connectivity index (χ0n) is 13.0. The summed E-state index contributed by atoms with van der Waals surface area (Å²) in [5.74, 6) is 1.95. The highest BCUT2D eigenvalue weighted by Gasteiger charge is 2.14. The van der Waals surface area contributed by atoms with Gasteiger partial charge in [-0.25, -0.2) is 13.1 Å². The maximum atomic E-state index is 11.9. The largest absolute Gasteiger partial charge is 0.493 e. The highest BCUT2D eigenvalue weighted by molar-refractivity contribution is 7.89. The molecule has 3 rings (SSSR count). The third kappa shape index (κ3) is 4.59. The standard InChI is InChI=1S/C16H18N2O5S/c19-24(20,18-11-13-4-6-17-7-5-13)9-1-8-21-14-2-3-15-16(10-14)23-12-22-15/h2-7,10,18H,1,8-9,11-12H2. The summed E-state index contributed by atoms with van der Waals surface area (Å²) in [6, 6.07) is 8.81. The highest BCUT2D eigenvalue weighted by atomic mass is 32.2. The van der Waals surface area contributed by atoms with Gasteiger partial charge >= 0.3 is 0 Å². The number of hydrogen-bond donors (Lipinski definition) is 1. The Hall–Kier alpha value is -2.32. The normalized spacial score (nSPS) is 13.0. The number of hydrogen-bond acceptors (Lipinski definition) is 6. The Bertz CT molecular complexity index is 780. The van der Waals surface area contributed by atoms with Gasteiger partial charge in [0.2, 0.25) is 16.8 Å². The average molecular weight is 350 g/mol. The summed E-state index contributed by atoms with van der Waals surface area (Å²) in [5.41, 5.74) is 0.866. The van der Waals surface area contributed by atoms with Crippen molar-refractivity contribution in [2.75, 3.05) is 19.2 Å². The van der Waals surface area contributed by atoms with Gasteiger partial charge in [0.15, 0.2) is 11.5 Å². The fraction of sp³-hybridized carbons (Fsp3) is 0.312. The Morgan fingerprint density at radius 2 is 1.92 bits per heavy atom. The number of nitrogens with zero attached hydrogens (tertiary/aromatic N) is 1. The van der Waals surface area contributed by atoms with Crippen molar-refractivity contribution in [2.45, 2.75) is 13.0 Å². The van der Waals surface area contributed by atoms with Gasteiger partial charge in [-0.05, 0) is 36.2 Å². The number of rotatable bonds is 8. The van der Waals surface area contributed by atoms with Crippen LogP contribution in [0.1, 0.15) is 12.0 Å². The molecule has 0 fully saturated rings. The van der Waals surface area contributed by atoms with Crippen LogP contribution < -0.4 is 18.9 Å². The Morgan fingerprint density at radius 3 is 2.75 bits per heavy atom. The summed E-state index contributed by atoms with van der Waals surface area (Å²) < 4.78 is 42.5. The second-order valence-corrected chi connectivity index (χ2v) is 7.14. The van der Waals surface area contributed by atoms with Crippen molar-refractivity contribution in [1.82, 2.24) is 9.71 Å². The maximum Gasteiger partial charge on any atom is 0.231 e. The first-order valence-corrected chi connectivity index (χ1v) is 9.16. The predicted molar refractivity (Wildman–Crippen MR) is 87.5 cm³/mol. The van der Waals surface area contributed by atoms with Crippen molar-refractivity contribution in [3.8, 4) is 17.2 Å². The second-order valence-electron chi connectivity index (χ2n) is 5.21. The van der Waals surface area contributed by atoms with E-state index in [1.54, 1.807) is 42.7 Å². The van der Waals surface area contributed by atoms with E-state index in [4.69, 9.17) is 14.2 Å². The van der Waals surface area contributed by atoms with Crippen molar-refractivity contribution >= 4 is 10.0 Å². The SMILES string of the molecule is O=S(=O)(CCCOc1ccc2c(c1)OCO2)NCc1ccncc1. The van der Waals surface area contributed by atoms with Gasteiger partial charge < -0.3 is 14.2 Å². The van der Waals surface area contributed by atoms with Crippen LogP contribution in [0.4, 0.5) is 0 Å². The van der Waals surface area contributed by atoms with E-state index in [0.29, 0.717) is 30.3 Å². The molecule has 1 aliphatic rings. The monoisotopic (exact) mass is 350 g/mol. The molecule has 0 unspecified atom stereocenters. The first kappa shape index (κ1) is 16.5. The van der Waals surface area contributed by atoms with E-state index in [0.717, 1.165) is 5.56 Å². The lowest BCUT2D eigenvalue weighted by atomic mass is 10.3. The van der Waals surface area contributed by atoms with Gasteiger partial charge in [-0.3, -0.25) is 4.98 Å². The van der Waals surface area contributed by atoms with E-state index in [1.807, 2.05) is 0 Å². The van der Waals surface area contributed by atoms with Gasteiger partial charge in [0.1, 0.15) is 5.75 Å². The molecule has 0 aliphatic carbocycles. The van der Waals surface area contributed by atoms with Gasteiger partial charge in [0, 0.05) is 25.0 Å². The number of sulfonamides is 1. The fourth-order valence-electron chi connectivity index (χ4n) is 2.17. The lowest BCUT2D eigenvalue weighted by Crippen LogP contribution is -2.26. The molecule has 2 heterocycles. The van der Waals surface area contributed by atoms with E-state index in [2.05, 4.69) is 9.71 Å². The minimum atomic E-state index is -3.34. The molecule has 0 spiro atoms. The van der Waals surface area contributed by atoms with Crippen LogP contribution in [-0.2, 0) is 16.6 Å². The Morgan fingerprint density at radius 1 is 1.12 bits per heavy atom. The number of aromatic nitrogens is 1. The lowest BCUT2D eigenvalue weighted by Gasteiger charge is -2.08. The summed E-state index contributed by atoms with van der Waals surface area (Å²) >= 11 is 0. The van der Waals surface area contributed by atoms with E-state index < -0.39 is 10.0 Å². The molecule has 0 bridgehead atoms. The third-order valence-corrected chi connectivity index (χ3v) is 4.83. The zero-order chi connectivity index (χ0) is 16.8. The molecule has 0 amide bonds. The Balaban J connectivity index is 1.40. The van der Waals surface area contributed by atoms with Gasteiger partial charge in [-0.1, -0.05) is 0 Å². The second kappa shape index (κ2) is 7.50. The maximum absolute atomic E-state index is 11.9. The molecule has 7 nitrogen and oxygen atoms in total. The predicted octanol–water partition coefficient (Wildman–Crippen LogP) is 1.70. The summed E-state index contributed by atoms with van der Waals surface area (Å²) in [7, 11) is -3.34. The number of fused-ring (bicyclic) bond motifs is 1. The summed E-state index contributed by atoms with van der Waals surface area (Å²) in [5, 5.41) is 0. The van der Waals surface area contributed by atoms with Crippen LogP contribution in [0.5, 0.6) is 17.2 Å². The molecule has 1 aliphatic heterocycles. The molecule has 1 aromatic heterocycles. The molecule has 0 saturated heterocycles. The highest BCUT2D eigenvalue weighted by Crippen LogP contribution is 2.35. The quantitative estimate of drug-likeness (QED) is 0.729. The van der Waals surface area contributed by atoms with Crippen molar-refractivity contribution in [2.24, 2.45) is 0 Å². The first-order chi connectivity index (χ1) is 11.6. The summed E-state index contributed by atoms with van der Waals surface area (Å²) in [6.07, 6.45) is 3.64. The van der Waals surface area contributed by atoms with Crippen molar-refractivity contribution in [3.05, 3.63) is 48.3 Å². The lowest BCUT2D eigenvalue weighted by molar-refractivity contribution is 0.173. The number of benzene rings is 1. The summed E-state index contributed by atoms with van der Waals surface area (Å²) in [6.45, 7) is 0.768. The molecular formula is C16H18N2O5S. The van der Waals surface area contributed by atoms with Crippen molar-refractivity contribution in [3.63, 3.8) is 0 Å². The van der Waals surface area contributed by atoms with E-state index >= 15 is 0 Å². The molecule has 0 saturated carbocycles. The number of pyridine rings is 1. The number of nitrogens with one attached hydrogen (secondary N) is 1. The summed E-state index contributed by atoms with van der Waals surface area (Å²) in [4.78, 5) is 3.89. The first-order valence-electron chi connectivity index (χ1n) is 7.51. The molecule has 1 N–H and O–H groups in total. The van der Waals surface area contributed by atoms with Crippen LogP contribution in [-0.4, -0.2) is 32.6 Å². The molecule has 0 atom stereocenters. The molecule has 128 valence electrons. The van der Waals surface area contributed by atoms with E-state index in [-0.39, 0.29) is 19.1 Å². The van der Waals surface area contributed by atoms with Crippen LogP contribution in [0.15, 0.2) is 42.7 Å². The van der Waals surface area contributed by atoms with Crippen LogP contribution in [0.25, 0.3) is 0 Å². The molecular weight excluding hydrogens is 332 g/mol. The minimum Gasteiger partial charge on any atom is -0.493 e. The molecule has 8 heteroatoms. The zero-order valence-corrected chi connectivity index (χ0v) is 13.8. The van der Waals surface area contributed by atoms with Gasteiger partial charge in [-0.15, -0.1) is 0 Å². The average Bonchev–Trinajstić information content (AvgIpc) is 3.06. The van der Waals surface area contributed by atoms with E-state index in [1.165, 1.54) is 0 Å². The fourth-order valence-corrected chi connectivity index (χ4v) is 3.20. The smallest absolute Gasteiger partial charge is 0.231 e. The van der Waals surface area contributed by atoms with Crippen LogP contribution >= 0.6 is 0 Å². The molecule has 1 aromatic carbocycles. The number of ether oxygens (including phenoxy) is 3. The van der Waals surface area contributed by atoms with Crippen molar-refractivity contribution < 1.29 is 22.6 Å².